The number of ketones is 1. The number of carbonyl (C=O) groups is 1. The van der Waals surface area contributed by atoms with E-state index in [-0.39, 0.29) is 37.0 Å². The van der Waals surface area contributed by atoms with E-state index in [4.69, 9.17) is 4.42 Å². The standard InChI is InChI=1S/C22H18F2N4O2/c23-22(24)11-15(12-22)20-27-28-21(30-20)26-19-17(29)10-14-8-4-5-9-16(14)18(25-19)13-6-2-1-3-7-13/h1-9,15,19H,10-12H2,(H,26,28). The van der Waals surface area contributed by atoms with Crippen molar-refractivity contribution in [2.24, 2.45) is 4.99 Å². The Kier molecular flexibility index (Phi) is 4.42. The molecule has 0 saturated heterocycles. The van der Waals surface area contributed by atoms with Gasteiger partial charge in [0, 0.05) is 36.3 Å². The Morgan fingerprint density at radius 3 is 2.50 bits per heavy atom. The van der Waals surface area contributed by atoms with Gasteiger partial charge in [0.05, 0.1) is 5.71 Å². The molecule has 1 aliphatic carbocycles. The molecule has 6 nitrogen and oxygen atoms in total. The Morgan fingerprint density at radius 1 is 1.00 bits per heavy atom. The largest absolute Gasteiger partial charge is 0.408 e. The number of hydrogen-bond donors (Lipinski definition) is 1. The van der Waals surface area contributed by atoms with Crippen molar-refractivity contribution in [1.82, 2.24) is 10.2 Å². The van der Waals surface area contributed by atoms with E-state index >= 15 is 0 Å². The zero-order chi connectivity index (χ0) is 20.7. The third kappa shape index (κ3) is 3.49. The van der Waals surface area contributed by atoms with Gasteiger partial charge in [-0.1, -0.05) is 59.7 Å². The van der Waals surface area contributed by atoms with E-state index in [9.17, 15) is 13.6 Å². The van der Waals surface area contributed by atoms with Crippen molar-refractivity contribution in [3.05, 3.63) is 77.2 Å². The first-order valence-corrected chi connectivity index (χ1v) is 9.70. The Hall–Kier alpha value is -3.42. The van der Waals surface area contributed by atoms with Gasteiger partial charge in [-0.15, -0.1) is 5.10 Å². The highest BCUT2D eigenvalue weighted by atomic mass is 19.3. The quantitative estimate of drug-likeness (QED) is 0.706. The number of aliphatic imine (C=N–C) groups is 1. The number of aromatic nitrogens is 2. The summed E-state index contributed by atoms with van der Waals surface area (Å²) in [4.78, 5) is 17.6. The lowest BCUT2D eigenvalue weighted by atomic mass is 9.81. The number of Topliss-reactive ketones (excluding diaryl/α,β-unsaturated/α-hetero) is 1. The highest BCUT2D eigenvalue weighted by molar-refractivity contribution is 6.16. The van der Waals surface area contributed by atoms with Crippen LogP contribution in [0.5, 0.6) is 0 Å². The van der Waals surface area contributed by atoms with Gasteiger partial charge in [-0.25, -0.2) is 8.78 Å². The minimum atomic E-state index is -2.68. The number of benzene rings is 2. The van der Waals surface area contributed by atoms with E-state index in [1.165, 1.54) is 0 Å². The molecule has 152 valence electrons. The highest BCUT2D eigenvalue weighted by Gasteiger charge is 2.48. The van der Waals surface area contributed by atoms with Gasteiger partial charge in [0.25, 0.3) is 0 Å². The van der Waals surface area contributed by atoms with Crippen LogP contribution in [0.2, 0.25) is 0 Å². The fourth-order valence-corrected chi connectivity index (χ4v) is 3.81. The van der Waals surface area contributed by atoms with Crippen molar-refractivity contribution >= 4 is 17.5 Å². The average Bonchev–Trinajstić information content (AvgIpc) is 3.13. The van der Waals surface area contributed by atoms with Crippen LogP contribution in [0.1, 0.15) is 41.3 Å². The van der Waals surface area contributed by atoms with Crippen molar-refractivity contribution < 1.29 is 18.0 Å². The number of hydrogen-bond acceptors (Lipinski definition) is 6. The van der Waals surface area contributed by atoms with Crippen LogP contribution in [-0.4, -0.2) is 33.8 Å². The number of rotatable bonds is 4. The highest BCUT2D eigenvalue weighted by Crippen LogP contribution is 2.47. The van der Waals surface area contributed by atoms with Gasteiger partial charge in [-0.2, -0.15) is 0 Å². The van der Waals surface area contributed by atoms with E-state index in [2.05, 4.69) is 20.5 Å². The molecule has 2 heterocycles. The summed E-state index contributed by atoms with van der Waals surface area (Å²) in [6, 6.07) is 17.3. The molecule has 0 bridgehead atoms. The van der Waals surface area contributed by atoms with Gasteiger partial charge in [0.1, 0.15) is 0 Å². The SMILES string of the molecule is O=C1Cc2ccccc2C(c2ccccc2)=NC1Nc1nnc(C2CC(F)(F)C2)o1. The smallest absolute Gasteiger partial charge is 0.317 e. The van der Waals surface area contributed by atoms with Gasteiger partial charge in [0.2, 0.25) is 11.8 Å². The predicted octanol–water partition coefficient (Wildman–Crippen LogP) is 3.98. The lowest BCUT2D eigenvalue weighted by Gasteiger charge is -2.32. The third-order valence-corrected chi connectivity index (χ3v) is 5.39. The zero-order valence-corrected chi connectivity index (χ0v) is 15.9. The molecule has 30 heavy (non-hydrogen) atoms. The lowest BCUT2D eigenvalue weighted by molar-refractivity contribution is -0.119. The Morgan fingerprint density at radius 2 is 1.73 bits per heavy atom. The maximum absolute atomic E-state index is 13.1. The molecule has 0 radical (unpaired) electrons. The molecule has 1 atom stereocenters. The molecule has 8 heteroatoms. The maximum Gasteiger partial charge on any atom is 0.317 e. The molecule has 1 N–H and O–H groups in total. The predicted molar refractivity (Wildman–Crippen MR) is 106 cm³/mol. The van der Waals surface area contributed by atoms with Gasteiger partial charge in [-0.05, 0) is 5.56 Å². The molecule has 2 aromatic carbocycles. The molecule has 1 saturated carbocycles. The second kappa shape index (κ2) is 7.12. The molecular formula is C22H18F2N4O2. The van der Waals surface area contributed by atoms with Crippen LogP contribution in [0.15, 0.2) is 64.0 Å². The van der Waals surface area contributed by atoms with E-state index < -0.39 is 18.0 Å². The first-order chi connectivity index (χ1) is 14.5. The van der Waals surface area contributed by atoms with Gasteiger partial charge in [0.15, 0.2) is 11.9 Å². The Balaban J connectivity index is 1.45. The second-order valence-corrected chi connectivity index (χ2v) is 7.60. The number of nitrogens with zero attached hydrogens (tertiary/aromatic N) is 3. The molecule has 3 aromatic rings. The topological polar surface area (TPSA) is 80.4 Å². The molecule has 1 fully saturated rings. The summed E-state index contributed by atoms with van der Waals surface area (Å²) < 4.78 is 31.7. The molecular weight excluding hydrogens is 390 g/mol. The molecule has 0 spiro atoms. The van der Waals surface area contributed by atoms with E-state index in [0.717, 1.165) is 16.7 Å². The van der Waals surface area contributed by atoms with Gasteiger partial charge >= 0.3 is 6.01 Å². The zero-order valence-electron chi connectivity index (χ0n) is 15.9. The summed E-state index contributed by atoms with van der Waals surface area (Å²) in [6.07, 6.45) is -1.34. The van der Waals surface area contributed by atoms with Gasteiger partial charge < -0.3 is 9.73 Å². The van der Waals surface area contributed by atoms with Gasteiger partial charge in [-0.3, -0.25) is 9.79 Å². The number of nitrogens with one attached hydrogen (secondary N) is 1. The monoisotopic (exact) mass is 408 g/mol. The summed E-state index contributed by atoms with van der Waals surface area (Å²) in [5.74, 6) is -3.13. The fraction of sp³-hybridized carbons (Fsp3) is 0.273. The number of fused-ring (bicyclic) bond motifs is 1. The molecule has 1 unspecified atom stereocenters. The van der Waals surface area contributed by atoms with Crippen molar-refractivity contribution in [2.75, 3.05) is 5.32 Å². The minimum absolute atomic E-state index is 0.000633. The first-order valence-electron chi connectivity index (χ1n) is 9.70. The van der Waals surface area contributed by atoms with Crippen LogP contribution >= 0.6 is 0 Å². The number of halogens is 2. The van der Waals surface area contributed by atoms with Crippen molar-refractivity contribution in [1.29, 1.82) is 0 Å². The minimum Gasteiger partial charge on any atom is -0.408 e. The molecule has 2 aliphatic rings. The van der Waals surface area contributed by atoms with E-state index in [1.807, 2.05) is 54.6 Å². The molecule has 1 aromatic heterocycles. The van der Waals surface area contributed by atoms with E-state index in [0.29, 0.717) is 5.71 Å². The molecule has 1 aliphatic heterocycles. The normalized spacial score (nSPS) is 20.7. The maximum atomic E-state index is 13.1. The van der Waals surface area contributed by atoms with Crippen LogP contribution in [0.4, 0.5) is 14.8 Å². The first kappa shape index (κ1) is 18.6. The third-order valence-electron chi connectivity index (χ3n) is 5.39. The summed E-state index contributed by atoms with van der Waals surface area (Å²) in [7, 11) is 0. The number of carbonyl (C=O) groups excluding carboxylic acids is 1. The summed E-state index contributed by atoms with van der Waals surface area (Å²) in [5.41, 5.74) is 3.35. The van der Waals surface area contributed by atoms with Crippen LogP contribution in [0, 0.1) is 0 Å². The molecule has 0 amide bonds. The van der Waals surface area contributed by atoms with Crippen LogP contribution in [0.3, 0.4) is 0 Å². The lowest BCUT2D eigenvalue weighted by Crippen LogP contribution is -2.33. The summed E-state index contributed by atoms with van der Waals surface area (Å²) in [6.45, 7) is 0. The fourth-order valence-electron chi connectivity index (χ4n) is 3.81. The average molecular weight is 408 g/mol. The Labute approximate surface area is 171 Å². The van der Waals surface area contributed by atoms with Crippen molar-refractivity contribution in [3.8, 4) is 0 Å². The summed E-state index contributed by atoms with van der Waals surface area (Å²) in [5, 5.41) is 10.6. The van der Waals surface area contributed by atoms with Crippen molar-refractivity contribution in [2.45, 2.75) is 37.3 Å². The van der Waals surface area contributed by atoms with Crippen LogP contribution in [-0.2, 0) is 11.2 Å². The number of alkyl halides is 2. The van der Waals surface area contributed by atoms with Crippen molar-refractivity contribution in [3.63, 3.8) is 0 Å². The van der Waals surface area contributed by atoms with Crippen LogP contribution in [0.25, 0.3) is 0 Å². The Bertz CT molecular complexity index is 1120. The van der Waals surface area contributed by atoms with Crippen LogP contribution < -0.4 is 5.32 Å². The second-order valence-electron chi connectivity index (χ2n) is 7.60. The number of anilines is 1. The van der Waals surface area contributed by atoms with E-state index in [1.54, 1.807) is 0 Å². The summed E-state index contributed by atoms with van der Waals surface area (Å²) >= 11 is 0. The molecule has 5 rings (SSSR count).